The Morgan fingerprint density at radius 3 is 2.41 bits per heavy atom. The molecule has 304 valence electrons. The minimum Gasteiger partial charge on any atom is -0.506 e. The molecule has 0 saturated heterocycles. The van der Waals surface area contributed by atoms with Gasteiger partial charge in [0, 0.05) is 49.6 Å². The van der Waals surface area contributed by atoms with Gasteiger partial charge in [-0.15, -0.1) is 0 Å². The van der Waals surface area contributed by atoms with Crippen molar-refractivity contribution in [3.05, 3.63) is 76.9 Å². The van der Waals surface area contributed by atoms with Crippen LogP contribution in [-0.2, 0) is 30.2 Å². The molecule has 0 aromatic heterocycles. The summed E-state index contributed by atoms with van der Waals surface area (Å²) in [6.45, 7) is 6.94. The van der Waals surface area contributed by atoms with Crippen LogP contribution < -0.4 is 25.8 Å². The topological polar surface area (TPSA) is 220 Å². The number of primary amides is 1. The van der Waals surface area contributed by atoms with Gasteiger partial charge in [-0.2, -0.15) is 0 Å². The van der Waals surface area contributed by atoms with Crippen LogP contribution in [0.5, 0.6) is 23.0 Å². The van der Waals surface area contributed by atoms with Crippen LogP contribution in [0.2, 0.25) is 0 Å². The number of aliphatic imine (C=N–C) groups is 1. The number of benzene rings is 2. The lowest BCUT2D eigenvalue weighted by atomic mass is 9.87. The van der Waals surface area contributed by atoms with E-state index in [2.05, 4.69) is 15.6 Å². The lowest BCUT2D eigenvalue weighted by Crippen LogP contribution is -2.37. The van der Waals surface area contributed by atoms with Gasteiger partial charge < -0.3 is 55.4 Å². The highest BCUT2D eigenvalue weighted by Crippen LogP contribution is 2.44. The molecule has 0 saturated carbocycles. The largest absolute Gasteiger partial charge is 0.506 e. The van der Waals surface area contributed by atoms with Crippen molar-refractivity contribution in [2.45, 2.75) is 65.0 Å². The first-order chi connectivity index (χ1) is 26.6. The average molecular weight is 779 g/mol. The highest BCUT2D eigenvalue weighted by atomic mass is 16.6. The SMILES string of the molecule is COc1ccc(C=CC(=O)NCC=Nc2c(O)cc3c(O)c2C[C@@H](C)C[C@H](OC)[C@H](O)[C@@H](C)C=C(C)C(OC(N)=O)[C@@H](OC)C=CC=C(C)C(=O)N3)cc1OC. The highest BCUT2D eigenvalue weighted by Gasteiger charge is 2.30. The van der Waals surface area contributed by atoms with Gasteiger partial charge in [-0.3, -0.25) is 14.6 Å². The molecule has 0 fully saturated rings. The van der Waals surface area contributed by atoms with Crippen LogP contribution in [0, 0.1) is 11.8 Å². The van der Waals surface area contributed by atoms with Gasteiger partial charge in [0.15, 0.2) is 17.6 Å². The maximum atomic E-state index is 13.3. The molecular weight excluding hydrogens is 724 g/mol. The number of carbonyl (C=O) groups is 3. The smallest absolute Gasteiger partial charge is 0.405 e. The van der Waals surface area contributed by atoms with Crippen molar-refractivity contribution < 1.29 is 53.4 Å². The van der Waals surface area contributed by atoms with Crippen molar-refractivity contribution in [2.24, 2.45) is 22.6 Å². The standard InChI is InChI=1S/C41H54N4O11/c1-23-18-28-36(44-17-16-43-35(47)15-13-27-12-14-31(52-5)33(21-27)54-7)30(46)22-29(38(28)49)45-40(50)24(2)10-9-11-32(53-6)39(56-41(42)51)26(4)20-25(3)37(48)34(19-23)55-8/h9-15,17,20-23,25,32,34,37,39,46,48-49H,16,18-19H2,1-8H3,(H2,42,51)(H,43,47)(H,45,50)/t23-,25+,32+,34+,37-,39?/m1/s1. The number of carbonyl (C=O) groups excluding carboxylic acids is 3. The average Bonchev–Trinajstić information content (AvgIpc) is 3.17. The van der Waals surface area contributed by atoms with Crippen molar-refractivity contribution in [1.82, 2.24) is 5.32 Å². The van der Waals surface area contributed by atoms with Gasteiger partial charge >= 0.3 is 6.09 Å². The zero-order valence-electron chi connectivity index (χ0n) is 33.1. The number of aliphatic hydroxyl groups excluding tert-OH is 1. The fraction of sp³-hybridized carbons (Fsp3) is 0.415. The summed E-state index contributed by atoms with van der Waals surface area (Å²) >= 11 is 0. The number of hydrogen-bond donors (Lipinski definition) is 6. The Hall–Kier alpha value is -5.64. The molecule has 1 unspecified atom stereocenters. The Labute approximate surface area is 327 Å². The third-order valence-electron chi connectivity index (χ3n) is 9.22. The number of methoxy groups -OCH3 is 4. The van der Waals surface area contributed by atoms with Crippen LogP contribution in [0.4, 0.5) is 16.2 Å². The van der Waals surface area contributed by atoms with Crippen molar-refractivity contribution >= 4 is 41.6 Å². The van der Waals surface area contributed by atoms with E-state index in [1.165, 1.54) is 52.9 Å². The van der Waals surface area contributed by atoms with E-state index in [0.29, 0.717) is 29.1 Å². The Balaban J connectivity index is 1.96. The Kier molecular flexibility index (Phi) is 17.1. The third-order valence-corrected chi connectivity index (χ3v) is 9.22. The van der Waals surface area contributed by atoms with E-state index >= 15 is 0 Å². The minimum atomic E-state index is -1.02. The zero-order chi connectivity index (χ0) is 41.5. The molecule has 1 aliphatic rings. The molecule has 0 spiro atoms. The first-order valence-electron chi connectivity index (χ1n) is 18.0. The number of hydrogen-bond acceptors (Lipinski definition) is 12. The number of nitrogens with one attached hydrogen (secondary N) is 2. The second-order valence-electron chi connectivity index (χ2n) is 13.4. The lowest BCUT2D eigenvalue weighted by Gasteiger charge is -2.29. The first kappa shape index (κ1) is 44.8. The molecule has 1 aliphatic heterocycles. The summed E-state index contributed by atoms with van der Waals surface area (Å²) in [6.07, 6.45) is 6.73. The van der Waals surface area contributed by atoms with Gasteiger partial charge in [-0.1, -0.05) is 44.2 Å². The number of nitrogens with zero attached hydrogens (tertiary/aromatic N) is 1. The molecule has 7 N–H and O–H groups in total. The van der Waals surface area contributed by atoms with E-state index in [0.717, 1.165) is 0 Å². The molecular formula is C41H54N4O11. The molecule has 2 bridgehead atoms. The molecule has 15 heteroatoms. The maximum absolute atomic E-state index is 13.3. The summed E-state index contributed by atoms with van der Waals surface area (Å²) in [6, 6.07) is 6.41. The van der Waals surface area contributed by atoms with Crippen molar-refractivity contribution in [3.8, 4) is 23.0 Å². The number of phenolic OH excluding ortho intramolecular Hbond substituents is 2. The number of ether oxygens (including phenoxy) is 5. The van der Waals surface area contributed by atoms with Gasteiger partial charge in [-0.25, -0.2) is 4.79 Å². The van der Waals surface area contributed by atoms with Crippen LogP contribution >= 0.6 is 0 Å². The molecule has 2 aromatic carbocycles. The van der Waals surface area contributed by atoms with Gasteiger partial charge in [-0.05, 0) is 62.0 Å². The number of amides is 3. The number of phenols is 2. The summed E-state index contributed by atoms with van der Waals surface area (Å²) in [7, 11) is 5.96. The summed E-state index contributed by atoms with van der Waals surface area (Å²) in [5.74, 6) is -1.30. The molecule has 1 heterocycles. The van der Waals surface area contributed by atoms with Gasteiger partial charge in [0.05, 0.1) is 38.7 Å². The molecule has 0 aliphatic carbocycles. The fourth-order valence-electron chi connectivity index (χ4n) is 6.21. The quantitative estimate of drug-likeness (QED) is 0.0612. The highest BCUT2D eigenvalue weighted by molar-refractivity contribution is 6.05. The summed E-state index contributed by atoms with van der Waals surface area (Å²) in [5, 5.41) is 39.5. The van der Waals surface area contributed by atoms with E-state index in [4.69, 9.17) is 29.4 Å². The molecule has 0 radical (unpaired) electrons. The van der Waals surface area contributed by atoms with Gasteiger partial charge in [0.25, 0.3) is 5.91 Å². The van der Waals surface area contributed by atoms with E-state index in [9.17, 15) is 29.7 Å². The lowest BCUT2D eigenvalue weighted by molar-refractivity contribution is -0.116. The van der Waals surface area contributed by atoms with Crippen LogP contribution in [0.1, 0.15) is 45.2 Å². The molecule has 56 heavy (non-hydrogen) atoms. The van der Waals surface area contributed by atoms with Crippen molar-refractivity contribution in [3.63, 3.8) is 0 Å². The van der Waals surface area contributed by atoms with Crippen LogP contribution in [0.15, 0.2) is 70.8 Å². The number of fused-ring (bicyclic) bond motifs is 2. The maximum Gasteiger partial charge on any atom is 0.405 e. The predicted octanol–water partition coefficient (Wildman–Crippen LogP) is 5.11. The van der Waals surface area contributed by atoms with Crippen molar-refractivity contribution in [2.75, 3.05) is 40.3 Å². The van der Waals surface area contributed by atoms with E-state index in [1.807, 2.05) is 6.92 Å². The normalized spacial score (nSPS) is 22.6. The van der Waals surface area contributed by atoms with E-state index < -0.39 is 48.2 Å². The molecule has 3 rings (SSSR count). The first-order valence-corrected chi connectivity index (χ1v) is 18.0. The third kappa shape index (κ3) is 12.4. The van der Waals surface area contributed by atoms with Gasteiger partial charge in [0.2, 0.25) is 5.91 Å². The second-order valence-corrected chi connectivity index (χ2v) is 13.4. The number of aromatic hydroxyl groups is 2. The number of anilines is 1. The fourth-order valence-corrected chi connectivity index (χ4v) is 6.21. The number of rotatable bonds is 10. The molecule has 3 amide bonds. The van der Waals surface area contributed by atoms with Crippen LogP contribution in [0.3, 0.4) is 0 Å². The molecule has 15 nitrogen and oxygen atoms in total. The van der Waals surface area contributed by atoms with E-state index in [1.54, 1.807) is 63.3 Å². The van der Waals surface area contributed by atoms with E-state index in [-0.39, 0.29) is 52.9 Å². The second kappa shape index (κ2) is 21.5. The molecule has 2 aromatic rings. The predicted molar refractivity (Wildman–Crippen MR) is 214 cm³/mol. The zero-order valence-corrected chi connectivity index (χ0v) is 33.1. The van der Waals surface area contributed by atoms with Crippen LogP contribution in [0.25, 0.3) is 6.08 Å². The summed E-state index contributed by atoms with van der Waals surface area (Å²) in [5.41, 5.74) is 7.11. The van der Waals surface area contributed by atoms with Crippen LogP contribution in [-0.4, -0.2) is 98.8 Å². The van der Waals surface area contributed by atoms with Crippen molar-refractivity contribution in [1.29, 1.82) is 0 Å². The number of allylic oxidation sites excluding steroid dienone is 2. The summed E-state index contributed by atoms with van der Waals surface area (Å²) in [4.78, 5) is 42.1. The molecule has 6 atom stereocenters. The number of nitrogens with two attached hydrogens (primary N) is 1. The van der Waals surface area contributed by atoms with Gasteiger partial charge in [0.1, 0.15) is 23.3 Å². The monoisotopic (exact) mass is 778 g/mol. The Morgan fingerprint density at radius 1 is 1.05 bits per heavy atom. The summed E-state index contributed by atoms with van der Waals surface area (Å²) < 4.78 is 27.3. The Bertz CT molecular complexity index is 1850. The number of aliphatic hydroxyl groups is 1. The minimum absolute atomic E-state index is 0.0155. The Morgan fingerprint density at radius 2 is 1.77 bits per heavy atom.